The first-order valence-corrected chi connectivity index (χ1v) is 7.69. The summed E-state index contributed by atoms with van der Waals surface area (Å²) in [7, 11) is 0. The number of benzene rings is 1. The summed E-state index contributed by atoms with van der Waals surface area (Å²) in [6.07, 6.45) is 1.08. The lowest BCUT2D eigenvalue weighted by atomic mass is 10.1. The number of nitrogens with zero attached hydrogens (tertiary/aromatic N) is 3. The van der Waals surface area contributed by atoms with Crippen LogP contribution in [0.4, 0.5) is 0 Å². The predicted octanol–water partition coefficient (Wildman–Crippen LogP) is 2.24. The summed E-state index contributed by atoms with van der Waals surface area (Å²) in [6.45, 7) is 3.82. The van der Waals surface area contributed by atoms with E-state index in [0.29, 0.717) is 42.7 Å². The van der Waals surface area contributed by atoms with E-state index in [1.54, 1.807) is 13.8 Å². The number of rotatable bonds is 6. The first-order valence-electron chi connectivity index (χ1n) is 7.69. The second-order valence-corrected chi connectivity index (χ2v) is 5.42. The van der Waals surface area contributed by atoms with Crippen LogP contribution < -0.4 is 5.32 Å². The molecule has 2 aromatic heterocycles. The fourth-order valence-corrected chi connectivity index (χ4v) is 2.35. The van der Waals surface area contributed by atoms with Gasteiger partial charge in [0.2, 0.25) is 11.7 Å². The standard InChI is InChI=1S/C17H18N4O3/c1-11-16(23-12(2)19-11)17(22)18-9-8-15-20-14(21-24-15)10-13-6-4-3-5-7-13/h3-7H,8-10H2,1-2H3,(H,18,22). The number of nitrogens with one attached hydrogen (secondary N) is 1. The van der Waals surface area contributed by atoms with Crippen LogP contribution in [0.5, 0.6) is 0 Å². The molecule has 24 heavy (non-hydrogen) atoms. The van der Waals surface area contributed by atoms with Crippen molar-refractivity contribution in [2.24, 2.45) is 0 Å². The van der Waals surface area contributed by atoms with E-state index in [9.17, 15) is 4.79 Å². The van der Waals surface area contributed by atoms with Gasteiger partial charge < -0.3 is 14.3 Å². The molecule has 124 valence electrons. The molecule has 0 aliphatic carbocycles. The summed E-state index contributed by atoms with van der Waals surface area (Å²) in [5.41, 5.74) is 1.70. The van der Waals surface area contributed by atoms with Crippen LogP contribution in [-0.2, 0) is 12.8 Å². The normalized spacial score (nSPS) is 10.8. The Hall–Kier alpha value is -2.96. The largest absolute Gasteiger partial charge is 0.436 e. The highest BCUT2D eigenvalue weighted by molar-refractivity contribution is 5.92. The lowest BCUT2D eigenvalue weighted by Gasteiger charge is -2.00. The van der Waals surface area contributed by atoms with Crippen molar-refractivity contribution in [3.63, 3.8) is 0 Å². The molecule has 0 fully saturated rings. The highest BCUT2D eigenvalue weighted by Gasteiger charge is 2.15. The molecule has 1 N–H and O–H groups in total. The van der Waals surface area contributed by atoms with E-state index in [2.05, 4.69) is 20.4 Å². The Bertz CT molecular complexity index is 823. The molecule has 0 atom stereocenters. The third-order valence-corrected chi connectivity index (χ3v) is 3.45. The molecule has 7 nitrogen and oxygen atoms in total. The number of aryl methyl sites for hydroxylation is 2. The minimum atomic E-state index is -0.294. The van der Waals surface area contributed by atoms with Gasteiger partial charge in [0.05, 0.1) is 5.69 Å². The Morgan fingerprint density at radius 1 is 1.17 bits per heavy atom. The average molecular weight is 326 g/mol. The molecule has 0 spiro atoms. The Labute approximate surface area is 139 Å². The van der Waals surface area contributed by atoms with Crippen LogP contribution in [0, 0.1) is 13.8 Å². The van der Waals surface area contributed by atoms with E-state index in [-0.39, 0.29) is 11.7 Å². The number of hydrogen-bond acceptors (Lipinski definition) is 6. The molecule has 7 heteroatoms. The SMILES string of the molecule is Cc1nc(C)c(C(=O)NCCc2nc(Cc3ccccc3)no2)o1. The predicted molar refractivity (Wildman–Crippen MR) is 85.6 cm³/mol. The van der Waals surface area contributed by atoms with Gasteiger partial charge in [-0.15, -0.1) is 0 Å². The van der Waals surface area contributed by atoms with Crippen molar-refractivity contribution in [2.75, 3.05) is 6.54 Å². The van der Waals surface area contributed by atoms with Crippen LogP contribution in [0.25, 0.3) is 0 Å². The van der Waals surface area contributed by atoms with Gasteiger partial charge in [-0.2, -0.15) is 4.98 Å². The molecule has 3 aromatic rings. The molecule has 0 saturated heterocycles. The van der Waals surface area contributed by atoms with E-state index in [0.717, 1.165) is 5.56 Å². The van der Waals surface area contributed by atoms with Gasteiger partial charge in [0.15, 0.2) is 11.7 Å². The molecular weight excluding hydrogens is 308 g/mol. The van der Waals surface area contributed by atoms with Crippen molar-refractivity contribution < 1.29 is 13.7 Å². The van der Waals surface area contributed by atoms with E-state index >= 15 is 0 Å². The summed E-state index contributed by atoms with van der Waals surface area (Å²) in [5.74, 6) is 1.54. The maximum atomic E-state index is 12.0. The number of oxazole rings is 1. The van der Waals surface area contributed by atoms with Gasteiger partial charge in [-0.25, -0.2) is 4.98 Å². The van der Waals surface area contributed by atoms with Gasteiger partial charge in [0.25, 0.3) is 5.91 Å². The second kappa shape index (κ2) is 7.08. The van der Waals surface area contributed by atoms with Crippen molar-refractivity contribution in [3.05, 3.63) is 65.0 Å². The summed E-state index contributed by atoms with van der Waals surface area (Å²) in [6, 6.07) is 9.93. The van der Waals surface area contributed by atoms with Crippen LogP contribution in [0.1, 0.15) is 39.4 Å². The highest BCUT2D eigenvalue weighted by Crippen LogP contribution is 2.09. The Morgan fingerprint density at radius 3 is 2.67 bits per heavy atom. The van der Waals surface area contributed by atoms with Crippen molar-refractivity contribution in [2.45, 2.75) is 26.7 Å². The zero-order valence-electron chi connectivity index (χ0n) is 13.6. The molecule has 2 heterocycles. The Morgan fingerprint density at radius 2 is 1.96 bits per heavy atom. The molecule has 0 unspecified atom stereocenters. The van der Waals surface area contributed by atoms with Crippen molar-refractivity contribution in [3.8, 4) is 0 Å². The van der Waals surface area contributed by atoms with Crippen LogP contribution >= 0.6 is 0 Å². The molecule has 0 saturated carbocycles. The molecule has 0 bridgehead atoms. The van der Waals surface area contributed by atoms with Crippen molar-refractivity contribution in [1.82, 2.24) is 20.4 Å². The van der Waals surface area contributed by atoms with Gasteiger partial charge in [-0.05, 0) is 12.5 Å². The lowest BCUT2D eigenvalue weighted by Crippen LogP contribution is -2.26. The zero-order valence-corrected chi connectivity index (χ0v) is 13.6. The van der Waals surface area contributed by atoms with Gasteiger partial charge in [-0.3, -0.25) is 4.79 Å². The Balaban J connectivity index is 1.50. The van der Waals surface area contributed by atoms with Crippen molar-refractivity contribution in [1.29, 1.82) is 0 Å². The number of amides is 1. The van der Waals surface area contributed by atoms with Gasteiger partial charge in [0.1, 0.15) is 0 Å². The fourth-order valence-electron chi connectivity index (χ4n) is 2.35. The molecule has 0 aliphatic rings. The Kier molecular flexibility index (Phi) is 4.69. The van der Waals surface area contributed by atoms with Crippen LogP contribution in [0.2, 0.25) is 0 Å². The maximum Gasteiger partial charge on any atom is 0.289 e. The van der Waals surface area contributed by atoms with E-state index in [4.69, 9.17) is 8.94 Å². The van der Waals surface area contributed by atoms with E-state index < -0.39 is 0 Å². The fraction of sp³-hybridized carbons (Fsp3) is 0.294. The third-order valence-electron chi connectivity index (χ3n) is 3.45. The van der Waals surface area contributed by atoms with Gasteiger partial charge >= 0.3 is 0 Å². The summed E-state index contributed by atoms with van der Waals surface area (Å²) in [5, 5.41) is 6.72. The van der Waals surface area contributed by atoms with Gasteiger partial charge in [-0.1, -0.05) is 35.5 Å². The first-order chi connectivity index (χ1) is 11.6. The maximum absolute atomic E-state index is 12.0. The van der Waals surface area contributed by atoms with Gasteiger partial charge in [0, 0.05) is 26.3 Å². The highest BCUT2D eigenvalue weighted by atomic mass is 16.5. The van der Waals surface area contributed by atoms with E-state index in [1.807, 2.05) is 30.3 Å². The number of hydrogen-bond donors (Lipinski definition) is 1. The smallest absolute Gasteiger partial charge is 0.289 e. The summed E-state index contributed by atoms with van der Waals surface area (Å²) < 4.78 is 10.5. The minimum Gasteiger partial charge on any atom is -0.436 e. The molecule has 3 rings (SSSR count). The third kappa shape index (κ3) is 3.87. The first kappa shape index (κ1) is 15.9. The molecule has 1 amide bonds. The molecule has 1 aromatic carbocycles. The number of carbonyl (C=O) groups is 1. The molecule has 0 radical (unpaired) electrons. The van der Waals surface area contributed by atoms with Crippen LogP contribution in [0.15, 0.2) is 39.3 Å². The topological polar surface area (TPSA) is 94.1 Å². The van der Waals surface area contributed by atoms with Crippen LogP contribution in [-0.4, -0.2) is 27.6 Å². The number of carbonyl (C=O) groups excluding carboxylic acids is 1. The average Bonchev–Trinajstić information content (AvgIpc) is 3.14. The second-order valence-electron chi connectivity index (χ2n) is 5.42. The number of aromatic nitrogens is 3. The van der Waals surface area contributed by atoms with E-state index in [1.165, 1.54) is 0 Å². The van der Waals surface area contributed by atoms with Crippen LogP contribution in [0.3, 0.4) is 0 Å². The molecular formula is C17H18N4O3. The molecule has 0 aliphatic heterocycles. The summed E-state index contributed by atoms with van der Waals surface area (Å²) >= 11 is 0. The van der Waals surface area contributed by atoms with Crippen molar-refractivity contribution >= 4 is 5.91 Å². The quantitative estimate of drug-likeness (QED) is 0.746. The zero-order chi connectivity index (χ0) is 16.9. The lowest BCUT2D eigenvalue weighted by molar-refractivity contribution is 0.0923. The minimum absolute atomic E-state index is 0.239. The monoisotopic (exact) mass is 326 g/mol. The summed E-state index contributed by atoms with van der Waals surface area (Å²) in [4.78, 5) is 20.4.